The summed E-state index contributed by atoms with van der Waals surface area (Å²) in [4.78, 5) is 23.0. The minimum Gasteiger partial charge on any atom is -0.324 e. The van der Waals surface area contributed by atoms with Crippen molar-refractivity contribution in [2.24, 2.45) is 7.05 Å². The molecule has 2 N–H and O–H groups in total. The summed E-state index contributed by atoms with van der Waals surface area (Å²) in [6.45, 7) is 3.05. The molecule has 1 heterocycles. The van der Waals surface area contributed by atoms with Gasteiger partial charge in [-0.1, -0.05) is 11.6 Å². The Hall–Kier alpha value is -2.67. The van der Waals surface area contributed by atoms with Gasteiger partial charge in [0.2, 0.25) is 11.8 Å². The second-order valence-electron chi connectivity index (χ2n) is 5.11. The first kappa shape index (κ1) is 17.7. The molecule has 1 aromatic carbocycles. The number of amides is 2. The van der Waals surface area contributed by atoms with E-state index in [4.69, 9.17) is 11.6 Å². The number of carbonyl (C=O) groups excluding carboxylic acids is 2. The molecule has 0 saturated heterocycles. The van der Waals surface area contributed by atoms with Crippen molar-refractivity contribution in [1.82, 2.24) is 9.78 Å². The molecule has 6 nitrogen and oxygen atoms in total. The summed E-state index contributed by atoms with van der Waals surface area (Å²) in [5.74, 6) is -1.41. The number of anilines is 2. The van der Waals surface area contributed by atoms with Crippen molar-refractivity contribution in [3.05, 3.63) is 46.5 Å². The fourth-order valence-corrected chi connectivity index (χ4v) is 2.30. The third-order valence-electron chi connectivity index (χ3n) is 3.14. The van der Waals surface area contributed by atoms with Gasteiger partial charge in [-0.25, -0.2) is 4.39 Å². The second-order valence-corrected chi connectivity index (χ2v) is 5.47. The van der Waals surface area contributed by atoms with E-state index in [0.29, 0.717) is 22.1 Å². The number of carbonyl (C=O) groups is 2. The van der Waals surface area contributed by atoms with Crippen LogP contribution in [0.2, 0.25) is 5.15 Å². The van der Waals surface area contributed by atoms with Crippen LogP contribution < -0.4 is 10.6 Å². The maximum Gasteiger partial charge on any atom is 0.248 e. The third-order valence-corrected chi connectivity index (χ3v) is 3.59. The second kappa shape index (κ2) is 7.27. The van der Waals surface area contributed by atoms with E-state index >= 15 is 0 Å². The van der Waals surface area contributed by atoms with Crippen LogP contribution in [0.4, 0.5) is 15.8 Å². The fraction of sp³-hybridized carbons (Fsp3) is 0.188. The van der Waals surface area contributed by atoms with Crippen LogP contribution in [0, 0.1) is 12.7 Å². The number of nitrogens with one attached hydrogen (secondary N) is 2. The normalized spacial score (nSPS) is 10.9. The topological polar surface area (TPSA) is 76.0 Å². The average molecular weight is 351 g/mol. The Kier molecular flexibility index (Phi) is 5.35. The molecule has 0 aliphatic rings. The first-order valence-electron chi connectivity index (χ1n) is 7.03. The van der Waals surface area contributed by atoms with Crippen LogP contribution in [0.1, 0.15) is 18.2 Å². The van der Waals surface area contributed by atoms with Crippen LogP contribution in [-0.4, -0.2) is 21.6 Å². The Balaban J connectivity index is 2.12. The highest BCUT2D eigenvalue weighted by Crippen LogP contribution is 2.21. The highest BCUT2D eigenvalue weighted by atomic mass is 35.5. The van der Waals surface area contributed by atoms with Gasteiger partial charge in [-0.3, -0.25) is 14.3 Å². The van der Waals surface area contributed by atoms with Crippen LogP contribution in [0.5, 0.6) is 0 Å². The maximum absolute atomic E-state index is 13.6. The molecular weight excluding hydrogens is 335 g/mol. The largest absolute Gasteiger partial charge is 0.324 e. The van der Waals surface area contributed by atoms with E-state index in [-0.39, 0.29) is 5.69 Å². The summed E-state index contributed by atoms with van der Waals surface area (Å²) < 4.78 is 15.1. The van der Waals surface area contributed by atoms with E-state index in [1.165, 1.54) is 29.8 Å². The van der Waals surface area contributed by atoms with Crippen molar-refractivity contribution in [2.75, 3.05) is 10.6 Å². The monoisotopic (exact) mass is 350 g/mol. The lowest BCUT2D eigenvalue weighted by atomic mass is 10.2. The summed E-state index contributed by atoms with van der Waals surface area (Å²) in [5.41, 5.74) is 1.69. The molecule has 24 heavy (non-hydrogen) atoms. The van der Waals surface area contributed by atoms with Crippen molar-refractivity contribution in [3.63, 3.8) is 0 Å². The lowest BCUT2D eigenvalue weighted by molar-refractivity contribution is -0.114. The number of nitrogens with zero attached hydrogens (tertiary/aromatic N) is 2. The Bertz CT molecular complexity index is 830. The Morgan fingerprint density at radius 2 is 2.04 bits per heavy atom. The number of hydrogen-bond acceptors (Lipinski definition) is 3. The summed E-state index contributed by atoms with van der Waals surface area (Å²) in [5, 5.41) is 9.50. The predicted molar refractivity (Wildman–Crippen MR) is 91.3 cm³/mol. The van der Waals surface area contributed by atoms with Crippen molar-refractivity contribution in [2.45, 2.75) is 13.8 Å². The molecule has 0 aliphatic heterocycles. The van der Waals surface area contributed by atoms with Crippen molar-refractivity contribution in [3.8, 4) is 0 Å². The number of halogens is 2. The summed E-state index contributed by atoms with van der Waals surface area (Å²) in [6, 6.07) is 3.90. The zero-order valence-electron chi connectivity index (χ0n) is 13.4. The molecule has 8 heteroatoms. The molecule has 2 rings (SSSR count). The molecule has 1 aromatic heterocycles. The number of benzene rings is 1. The van der Waals surface area contributed by atoms with Crippen LogP contribution in [0.15, 0.2) is 24.3 Å². The van der Waals surface area contributed by atoms with Gasteiger partial charge in [0.05, 0.1) is 11.4 Å². The van der Waals surface area contributed by atoms with Gasteiger partial charge in [-0.15, -0.1) is 0 Å². The van der Waals surface area contributed by atoms with Crippen LogP contribution in [0.3, 0.4) is 0 Å². The van der Waals surface area contributed by atoms with Crippen LogP contribution >= 0.6 is 11.6 Å². The standard InChI is InChI=1S/C16H16ClFN4O2/c1-9-12(16(17)22(3)21-9)5-7-15(24)20-11-4-6-13(18)14(8-11)19-10(2)23/h4-8H,1-3H3,(H,19,23)(H,20,24)/b7-5+. The van der Waals surface area contributed by atoms with Gasteiger partial charge < -0.3 is 10.6 Å². The van der Waals surface area contributed by atoms with Crippen molar-refractivity contribution in [1.29, 1.82) is 0 Å². The van der Waals surface area contributed by atoms with Gasteiger partial charge in [-0.05, 0) is 31.2 Å². The Morgan fingerprint density at radius 1 is 1.33 bits per heavy atom. The highest BCUT2D eigenvalue weighted by Gasteiger charge is 2.09. The zero-order valence-corrected chi connectivity index (χ0v) is 14.1. The van der Waals surface area contributed by atoms with Gasteiger partial charge in [0.15, 0.2) is 0 Å². The molecule has 0 atom stereocenters. The summed E-state index contributed by atoms with van der Waals surface area (Å²) in [7, 11) is 1.70. The molecule has 2 aromatic rings. The third kappa shape index (κ3) is 4.20. The van der Waals surface area contributed by atoms with Gasteiger partial charge in [0.25, 0.3) is 0 Å². The molecule has 2 amide bonds. The first-order valence-corrected chi connectivity index (χ1v) is 7.41. The molecular formula is C16H16ClFN4O2. The zero-order chi connectivity index (χ0) is 17.9. The van der Waals surface area contributed by atoms with Crippen LogP contribution in [0.25, 0.3) is 6.08 Å². The van der Waals surface area contributed by atoms with Gasteiger partial charge >= 0.3 is 0 Å². The molecule has 0 unspecified atom stereocenters. The number of hydrogen-bond donors (Lipinski definition) is 2. The van der Waals surface area contributed by atoms with E-state index in [2.05, 4.69) is 15.7 Å². The smallest absolute Gasteiger partial charge is 0.248 e. The van der Waals surface area contributed by atoms with E-state index in [1.54, 1.807) is 20.0 Å². The fourth-order valence-electron chi connectivity index (χ4n) is 2.07. The molecule has 0 spiro atoms. The van der Waals surface area contributed by atoms with E-state index in [0.717, 1.165) is 6.07 Å². The Morgan fingerprint density at radius 3 is 2.62 bits per heavy atom. The van der Waals surface area contributed by atoms with Gasteiger partial charge in [-0.2, -0.15) is 5.10 Å². The predicted octanol–water partition coefficient (Wildman–Crippen LogP) is 3.13. The molecule has 0 radical (unpaired) electrons. The molecule has 126 valence electrons. The number of aryl methyl sites for hydroxylation is 2. The van der Waals surface area contributed by atoms with E-state index in [1.807, 2.05) is 0 Å². The number of rotatable bonds is 4. The minimum atomic E-state index is -0.587. The molecule has 0 saturated carbocycles. The van der Waals surface area contributed by atoms with E-state index in [9.17, 15) is 14.0 Å². The lowest BCUT2D eigenvalue weighted by Crippen LogP contribution is -2.10. The van der Waals surface area contributed by atoms with Gasteiger partial charge in [0.1, 0.15) is 11.0 Å². The SMILES string of the molecule is CC(=O)Nc1cc(NC(=O)/C=C/c2c(C)nn(C)c2Cl)ccc1F. The molecule has 0 aliphatic carbocycles. The van der Waals surface area contributed by atoms with Crippen molar-refractivity contribution >= 4 is 40.9 Å². The lowest BCUT2D eigenvalue weighted by Gasteiger charge is -2.07. The molecule has 0 fully saturated rings. The quantitative estimate of drug-likeness (QED) is 0.832. The maximum atomic E-state index is 13.6. The molecule has 0 bridgehead atoms. The minimum absolute atomic E-state index is 0.00423. The first-order chi connectivity index (χ1) is 11.3. The Labute approximate surface area is 143 Å². The van der Waals surface area contributed by atoms with Crippen LogP contribution in [-0.2, 0) is 16.6 Å². The summed E-state index contributed by atoms with van der Waals surface area (Å²) in [6.07, 6.45) is 2.86. The average Bonchev–Trinajstić information content (AvgIpc) is 2.73. The highest BCUT2D eigenvalue weighted by molar-refractivity contribution is 6.31. The van der Waals surface area contributed by atoms with E-state index < -0.39 is 17.6 Å². The van der Waals surface area contributed by atoms with Crippen molar-refractivity contribution < 1.29 is 14.0 Å². The van der Waals surface area contributed by atoms with Gasteiger partial charge in [0, 0.05) is 31.3 Å². The number of aromatic nitrogens is 2. The summed E-state index contributed by atoms with van der Waals surface area (Å²) >= 11 is 6.08.